The van der Waals surface area contributed by atoms with Gasteiger partial charge in [0.15, 0.2) is 0 Å². The average Bonchev–Trinajstić information content (AvgIpc) is 3.15. The Morgan fingerprint density at radius 1 is 1.14 bits per heavy atom. The van der Waals surface area contributed by atoms with Crippen molar-refractivity contribution < 1.29 is 19.0 Å². The third-order valence-corrected chi connectivity index (χ3v) is 6.12. The van der Waals surface area contributed by atoms with Gasteiger partial charge in [-0.2, -0.15) is 0 Å². The van der Waals surface area contributed by atoms with E-state index in [0.717, 1.165) is 22.1 Å². The van der Waals surface area contributed by atoms with Gasteiger partial charge < -0.3 is 19.0 Å². The van der Waals surface area contributed by atoms with E-state index in [-0.39, 0.29) is 24.1 Å². The zero-order valence-corrected chi connectivity index (χ0v) is 18.3. The van der Waals surface area contributed by atoms with Crippen molar-refractivity contribution in [3.63, 3.8) is 0 Å². The first kappa shape index (κ1) is 20.7. The van der Waals surface area contributed by atoms with Gasteiger partial charge in [-0.25, -0.2) is 0 Å². The maximum absolute atomic E-state index is 9.96. The SMILES string of the molecule is CC(COB1OC(C)(C)c2cc(C(C)(C)C)ccc21)c1ccc2c(c1)B(O)OC2. The molecule has 0 saturated heterocycles. The average molecular weight is 392 g/mol. The quantitative estimate of drug-likeness (QED) is 0.814. The second kappa shape index (κ2) is 7.28. The van der Waals surface area contributed by atoms with Crippen LogP contribution in [0.25, 0.3) is 0 Å². The molecule has 2 aliphatic heterocycles. The molecular weight excluding hydrogens is 362 g/mol. The molecule has 4 nitrogen and oxygen atoms in total. The second-order valence-electron chi connectivity index (χ2n) is 9.87. The topological polar surface area (TPSA) is 47.9 Å². The van der Waals surface area contributed by atoms with Crippen LogP contribution in [0.1, 0.15) is 69.7 Å². The molecular formula is C23H30B2O4. The number of hydrogen-bond donors (Lipinski definition) is 1. The van der Waals surface area contributed by atoms with Gasteiger partial charge in [-0.1, -0.05) is 64.1 Å². The zero-order chi connectivity index (χ0) is 21.0. The fourth-order valence-electron chi connectivity index (χ4n) is 4.14. The summed E-state index contributed by atoms with van der Waals surface area (Å²) < 4.78 is 17.8. The Morgan fingerprint density at radius 3 is 2.62 bits per heavy atom. The van der Waals surface area contributed by atoms with Gasteiger partial charge in [0.2, 0.25) is 0 Å². The van der Waals surface area contributed by atoms with Crippen LogP contribution in [-0.4, -0.2) is 25.9 Å². The highest BCUT2D eigenvalue weighted by Gasteiger charge is 2.43. The lowest BCUT2D eigenvalue weighted by Gasteiger charge is -2.24. The highest BCUT2D eigenvalue weighted by atomic mass is 16.6. The summed E-state index contributed by atoms with van der Waals surface area (Å²) in [4.78, 5) is 0. The molecule has 4 rings (SSSR count). The normalized spacial score (nSPS) is 18.7. The monoisotopic (exact) mass is 392 g/mol. The van der Waals surface area contributed by atoms with Gasteiger partial charge in [-0.3, -0.25) is 0 Å². The Bertz CT molecular complexity index is 920. The maximum Gasteiger partial charge on any atom is 0.494 e. The van der Waals surface area contributed by atoms with Crippen LogP contribution in [0.15, 0.2) is 36.4 Å². The van der Waals surface area contributed by atoms with Crippen molar-refractivity contribution in [2.45, 2.75) is 65.1 Å². The molecule has 2 aliphatic rings. The molecule has 2 heterocycles. The molecule has 0 radical (unpaired) electrons. The summed E-state index contributed by atoms with van der Waals surface area (Å²) in [6.07, 6.45) is 0. The van der Waals surface area contributed by atoms with Gasteiger partial charge in [-0.15, -0.1) is 0 Å². The van der Waals surface area contributed by atoms with Crippen LogP contribution in [0.4, 0.5) is 0 Å². The van der Waals surface area contributed by atoms with E-state index < -0.39 is 7.12 Å². The minimum atomic E-state index is -0.819. The van der Waals surface area contributed by atoms with Gasteiger partial charge >= 0.3 is 14.2 Å². The minimum Gasteiger partial charge on any atom is -0.423 e. The van der Waals surface area contributed by atoms with E-state index in [2.05, 4.69) is 65.8 Å². The van der Waals surface area contributed by atoms with Gasteiger partial charge in [0.1, 0.15) is 0 Å². The van der Waals surface area contributed by atoms with Crippen molar-refractivity contribution in [1.29, 1.82) is 0 Å². The van der Waals surface area contributed by atoms with Gasteiger partial charge in [0, 0.05) is 12.5 Å². The van der Waals surface area contributed by atoms with Crippen LogP contribution < -0.4 is 10.9 Å². The maximum atomic E-state index is 9.96. The molecule has 2 aromatic rings. The van der Waals surface area contributed by atoms with Crippen molar-refractivity contribution in [3.8, 4) is 0 Å². The molecule has 1 unspecified atom stereocenters. The molecule has 29 heavy (non-hydrogen) atoms. The van der Waals surface area contributed by atoms with Crippen LogP contribution >= 0.6 is 0 Å². The van der Waals surface area contributed by atoms with Crippen molar-refractivity contribution in [1.82, 2.24) is 0 Å². The molecule has 0 fully saturated rings. The van der Waals surface area contributed by atoms with Crippen molar-refractivity contribution in [3.05, 3.63) is 58.7 Å². The predicted molar refractivity (Wildman–Crippen MR) is 118 cm³/mol. The van der Waals surface area contributed by atoms with E-state index in [4.69, 9.17) is 14.0 Å². The van der Waals surface area contributed by atoms with E-state index in [0.29, 0.717) is 13.2 Å². The number of rotatable bonds is 4. The molecule has 1 atom stereocenters. The Morgan fingerprint density at radius 2 is 1.90 bits per heavy atom. The summed E-state index contributed by atoms with van der Waals surface area (Å²) in [5.74, 6) is 0.178. The smallest absolute Gasteiger partial charge is 0.423 e. The number of hydrogen-bond acceptors (Lipinski definition) is 4. The van der Waals surface area contributed by atoms with Crippen LogP contribution in [0.3, 0.4) is 0 Å². The van der Waals surface area contributed by atoms with E-state index in [1.54, 1.807) is 0 Å². The Labute approximate surface area is 174 Å². The van der Waals surface area contributed by atoms with Gasteiger partial charge in [0.25, 0.3) is 0 Å². The highest BCUT2D eigenvalue weighted by molar-refractivity contribution is 6.63. The summed E-state index contributed by atoms with van der Waals surface area (Å²) in [5.41, 5.74) is 6.41. The molecule has 0 saturated carbocycles. The van der Waals surface area contributed by atoms with Crippen LogP contribution in [0.2, 0.25) is 0 Å². The summed E-state index contributed by atoms with van der Waals surface area (Å²) in [6, 6.07) is 12.8. The van der Waals surface area contributed by atoms with E-state index in [9.17, 15) is 5.02 Å². The van der Waals surface area contributed by atoms with Crippen molar-refractivity contribution >= 4 is 25.2 Å². The van der Waals surface area contributed by atoms with Crippen LogP contribution in [-0.2, 0) is 31.6 Å². The fraction of sp³-hybridized carbons (Fsp3) is 0.478. The Balaban J connectivity index is 1.50. The standard InChI is InChI=1S/C23H30B2O4/c1-15(16-7-8-17-14-27-24(26)21(17)11-16)13-28-25-20-10-9-18(22(2,3)4)12-19(20)23(5,6)29-25/h7-12,15,26H,13-14H2,1-6H3. The molecule has 1 N–H and O–H groups in total. The lowest BCUT2D eigenvalue weighted by molar-refractivity contribution is 0.0827. The summed E-state index contributed by atoms with van der Waals surface area (Å²) in [7, 11) is -1.18. The van der Waals surface area contributed by atoms with Crippen LogP contribution in [0.5, 0.6) is 0 Å². The molecule has 0 bridgehead atoms. The highest BCUT2D eigenvalue weighted by Crippen LogP contribution is 2.34. The zero-order valence-electron chi connectivity index (χ0n) is 18.3. The molecule has 0 spiro atoms. The second-order valence-corrected chi connectivity index (χ2v) is 9.87. The molecule has 2 aromatic carbocycles. The van der Waals surface area contributed by atoms with Crippen molar-refractivity contribution in [2.75, 3.05) is 6.61 Å². The number of fused-ring (bicyclic) bond motifs is 2. The van der Waals surface area contributed by atoms with Gasteiger partial charge in [0.05, 0.1) is 12.2 Å². The lowest BCUT2D eigenvalue weighted by Crippen LogP contribution is -2.34. The van der Waals surface area contributed by atoms with E-state index in [1.807, 2.05) is 12.1 Å². The minimum absolute atomic E-state index is 0.0976. The number of benzene rings is 2. The van der Waals surface area contributed by atoms with E-state index >= 15 is 0 Å². The first-order valence-electron chi connectivity index (χ1n) is 10.4. The first-order valence-corrected chi connectivity index (χ1v) is 10.4. The third kappa shape index (κ3) is 3.91. The summed E-state index contributed by atoms with van der Waals surface area (Å²) in [6.45, 7) is 14.0. The molecule has 0 amide bonds. The van der Waals surface area contributed by atoms with E-state index in [1.165, 1.54) is 11.1 Å². The molecule has 0 aromatic heterocycles. The molecule has 0 aliphatic carbocycles. The largest absolute Gasteiger partial charge is 0.494 e. The summed E-state index contributed by atoms with van der Waals surface area (Å²) in [5, 5.41) is 9.96. The van der Waals surface area contributed by atoms with Gasteiger partial charge in [-0.05, 0) is 52.4 Å². The lowest BCUT2D eigenvalue weighted by atomic mass is 9.74. The summed E-state index contributed by atoms with van der Waals surface area (Å²) >= 11 is 0. The van der Waals surface area contributed by atoms with Crippen LogP contribution in [0, 0.1) is 0 Å². The molecule has 152 valence electrons. The Hall–Kier alpha value is -1.59. The molecule has 6 heteroatoms. The fourth-order valence-corrected chi connectivity index (χ4v) is 4.14. The predicted octanol–water partition coefficient (Wildman–Crippen LogP) is 2.98. The Kier molecular flexibility index (Phi) is 5.19. The third-order valence-electron chi connectivity index (χ3n) is 6.12. The first-order chi connectivity index (χ1) is 13.6. The van der Waals surface area contributed by atoms with Crippen molar-refractivity contribution in [2.24, 2.45) is 0 Å².